The van der Waals surface area contributed by atoms with Crippen LogP contribution in [-0.2, 0) is 14.6 Å². The number of hydrogen-bond acceptors (Lipinski definition) is 3. The van der Waals surface area contributed by atoms with Gasteiger partial charge in [0.05, 0.1) is 9.79 Å². The molecule has 0 atom stereocenters. The van der Waals surface area contributed by atoms with Gasteiger partial charge < -0.3 is 0 Å². The first-order valence-corrected chi connectivity index (χ1v) is 7.57. The Morgan fingerprint density at radius 2 is 1.45 bits per heavy atom. The average Bonchev–Trinajstić information content (AvgIpc) is 2.46. The molecule has 2 aromatic carbocycles. The molecule has 0 spiro atoms. The Balaban J connectivity index is 2.33. The van der Waals surface area contributed by atoms with Crippen LogP contribution in [0.1, 0.15) is 12.5 Å². The van der Waals surface area contributed by atoms with Crippen LogP contribution in [0, 0.1) is 0 Å². The number of rotatable bonds is 4. The van der Waals surface area contributed by atoms with Gasteiger partial charge in [-0.15, -0.1) is 0 Å². The summed E-state index contributed by atoms with van der Waals surface area (Å²) in [5, 5.41) is 0. The third-order valence-electron chi connectivity index (χ3n) is 2.75. The molecule has 0 radical (unpaired) electrons. The maximum atomic E-state index is 12.3. The van der Waals surface area contributed by atoms with Crippen LogP contribution in [0.15, 0.2) is 70.5 Å². The number of ketones is 1. The van der Waals surface area contributed by atoms with Crippen molar-refractivity contribution in [2.45, 2.75) is 16.7 Å². The minimum Gasteiger partial charge on any atom is -0.295 e. The number of sulfone groups is 1. The molecular weight excluding hydrogens is 272 g/mol. The van der Waals surface area contributed by atoms with Gasteiger partial charge >= 0.3 is 0 Å². The summed E-state index contributed by atoms with van der Waals surface area (Å²) in [5.41, 5.74) is 0.784. The molecule has 0 bridgehead atoms. The summed E-state index contributed by atoms with van der Waals surface area (Å²) < 4.78 is 24.7. The Bertz CT molecular complexity index is 727. The quantitative estimate of drug-likeness (QED) is 0.811. The van der Waals surface area contributed by atoms with Crippen molar-refractivity contribution in [2.75, 3.05) is 0 Å². The van der Waals surface area contributed by atoms with Crippen molar-refractivity contribution < 1.29 is 13.2 Å². The molecule has 0 saturated carbocycles. The second kappa shape index (κ2) is 5.84. The van der Waals surface area contributed by atoms with Crippen LogP contribution in [0.25, 0.3) is 6.08 Å². The maximum Gasteiger partial charge on any atom is 0.206 e. The van der Waals surface area contributed by atoms with Crippen molar-refractivity contribution in [1.29, 1.82) is 0 Å². The highest BCUT2D eigenvalue weighted by Crippen LogP contribution is 2.21. The Kier molecular flexibility index (Phi) is 4.15. The smallest absolute Gasteiger partial charge is 0.206 e. The summed E-state index contributed by atoms with van der Waals surface area (Å²) in [6.45, 7) is 1.46. The zero-order valence-corrected chi connectivity index (χ0v) is 11.8. The Hall–Kier alpha value is -2.20. The monoisotopic (exact) mass is 286 g/mol. The number of hydrogen-bond donors (Lipinski definition) is 0. The molecule has 0 saturated heterocycles. The SMILES string of the molecule is CC(=O)C=Cc1ccc(S(=O)(=O)c2ccccc2)cc1. The summed E-state index contributed by atoms with van der Waals surface area (Å²) in [6.07, 6.45) is 3.10. The second-order valence-corrected chi connectivity index (χ2v) is 6.28. The molecule has 0 amide bonds. The summed E-state index contributed by atoms with van der Waals surface area (Å²) >= 11 is 0. The van der Waals surface area contributed by atoms with Crippen molar-refractivity contribution in [1.82, 2.24) is 0 Å². The Labute approximate surface area is 118 Å². The van der Waals surface area contributed by atoms with Crippen LogP contribution in [0.3, 0.4) is 0 Å². The molecule has 2 aromatic rings. The zero-order valence-electron chi connectivity index (χ0n) is 11.0. The van der Waals surface area contributed by atoms with Gasteiger partial charge in [-0.25, -0.2) is 8.42 Å². The predicted molar refractivity (Wildman–Crippen MR) is 78.1 cm³/mol. The first-order valence-electron chi connectivity index (χ1n) is 6.09. The summed E-state index contributed by atoms with van der Waals surface area (Å²) in [6, 6.07) is 14.7. The van der Waals surface area contributed by atoms with Crippen LogP contribution >= 0.6 is 0 Å². The van der Waals surface area contributed by atoms with E-state index in [0.29, 0.717) is 0 Å². The number of carbonyl (C=O) groups excluding carboxylic acids is 1. The van der Waals surface area contributed by atoms with Crippen LogP contribution in [0.5, 0.6) is 0 Å². The Morgan fingerprint density at radius 1 is 0.900 bits per heavy atom. The highest BCUT2D eigenvalue weighted by Gasteiger charge is 2.16. The maximum absolute atomic E-state index is 12.3. The molecule has 0 N–H and O–H groups in total. The van der Waals surface area contributed by atoms with E-state index in [1.807, 2.05) is 0 Å². The highest BCUT2D eigenvalue weighted by molar-refractivity contribution is 7.91. The van der Waals surface area contributed by atoms with Crippen LogP contribution in [0.2, 0.25) is 0 Å². The lowest BCUT2D eigenvalue weighted by Gasteiger charge is -2.04. The third-order valence-corrected chi connectivity index (χ3v) is 4.54. The fraction of sp³-hybridized carbons (Fsp3) is 0.0625. The lowest BCUT2D eigenvalue weighted by Crippen LogP contribution is -2.01. The first-order chi connectivity index (χ1) is 9.50. The standard InChI is InChI=1S/C16H14O3S/c1-13(17)7-8-14-9-11-16(12-10-14)20(18,19)15-5-3-2-4-6-15/h2-12H,1H3. The van der Waals surface area contributed by atoms with E-state index in [9.17, 15) is 13.2 Å². The van der Waals surface area contributed by atoms with Gasteiger partial charge in [-0.2, -0.15) is 0 Å². The molecule has 102 valence electrons. The van der Waals surface area contributed by atoms with Gasteiger partial charge in [-0.1, -0.05) is 36.4 Å². The van der Waals surface area contributed by atoms with E-state index in [1.54, 1.807) is 60.7 Å². The minimum absolute atomic E-state index is 0.0500. The van der Waals surface area contributed by atoms with Crippen molar-refractivity contribution in [2.24, 2.45) is 0 Å². The van der Waals surface area contributed by atoms with E-state index >= 15 is 0 Å². The zero-order chi connectivity index (χ0) is 14.6. The Morgan fingerprint density at radius 3 is 2.00 bits per heavy atom. The second-order valence-electron chi connectivity index (χ2n) is 4.33. The normalized spacial score (nSPS) is 11.7. The molecule has 0 aromatic heterocycles. The number of allylic oxidation sites excluding steroid dienone is 1. The van der Waals surface area contributed by atoms with Crippen molar-refractivity contribution in [3.05, 3.63) is 66.2 Å². The highest BCUT2D eigenvalue weighted by atomic mass is 32.2. The van der Waals surface area contributed by atoms with E-state index < -0.39 is 9.84 Å². The van der Waals surface area contributed by atoms with Gasteiger partial charge in [0, 0.05) is 0 Å². The largest absolute Gasteiger partial charge is 0.295 e. The molecule has 0 heterocycles. The molecule has 2 rings (SSSR count). The molecule has 0 aliphatic rings. The topological polar surface area (TPSA) is 51.2 Å². The molecule has 4 heteroatoms. The molecule has 0 fully saturated rings. The summed E-state index contributed by atoms with van der Waals surface area (Å²) in [4.78, 5) is 11.4. The van der Waals surface area contributed by atoms with Crippen molar-refractivity contribution in [3.63, 3.8) is 0 Å². The first kappa shape index (κ1) is 14.2. The van der Waals surface area contributed by atoms with E-state index in [1.165, 1.54) is 13.0 Å². The van der Waals surface area contributed by atoms with Crippen LogP contribution in [0.4, 0.5) is 0 Å². The van der Waals surface area contributed by atoms with E-state index in [0.717, 1.165) is 5.56 Å². The molecular formula is C16H14O3S. The third kappa shape index (κ3) is 3.22. The van der Waals surface area contributed by atoms with Gasteiger partial charge in [0.2, 0.25) is 9.84 Å². The fourth-order valence-corrected chi connectivity index (χ4v) is 2.99. The lowest BCUT2D eigenvalue weighted by atomic mass is 10.2. The van der Waals surface area contributed by atoms with Crippen LogP contribution < -0.4 is 0 Å². The van der Waals surface area contributed by atoms with Gasteiger partial charge in [-0.05, 0) is 42.8 Å². The fourth-order valence-electron chi connectivity index (χ4n) is 1.71. The van der Waals surface area contributed by atoms with E-state index in [-0.39, 0.29) is 15.6 Å². The van der Waals surface area contributed by atoms with Crippen LogP contribution in [-0.4, -0.2) is 14.2 Å². The van der Waals surface area contributed by atoms with Gasteiger partial charge in [0.15, 0.2) is 5.78 Å². The number of carbonyl (C=O) groups is 1. The molecule has 20 heavy (non-hydrogen) atoms. The van der Waals surface area contributed by atoms with Gasteiger partial charge in [0.1, 0.15) is 0 Å². The minimum atomic E-state index is -3.48. The molecule has 0 aliphatic heterocycles. The summed E-state index contributed by atoms with van der Waals surface area (Å²) in [7, 11) is -3.48. The van der Waals surface area contributed by atoms with E-state index in [2.05, 4.69) is 0 Å². The predicted octanol–water partition coefficient (Wildman–Crippen LogP) is 3.12. The summed E-state index contributed by atoms with van der Waals surface area (Å²) in [5.74, 6) is -0.0500. The lowest BCUT2D eigenvalue weighted by molar-refractivity contribution is -0.112. The van der Waals surface area contributed by atoms with Crippen molar-refractivity contribution >= 4 is 21.7 Å². The number of benzene rings is 2. The van der Waals surface area contributed by atoms with Gasteiger partial charge in [-0.3, -0.25) is 4.79 Å². The average molecular weight is 286 g/mol. The van der Waals surface area contributed by atoms with E-state index in [4.69, 9.17) is 0 Å². The molecule has 0 unspecified atom stereocenters. The van der Waals surface area contributed by atoms with Crippen molar-refractivity contribution in [3.8, 4) is 0 Å². The van der Waals surface area contributed by atoms with Gasteiger partial charge in [0.25, 0.3) is 0 Å². The molecule has 0 aliphatic carbocycles. The molecule has 3 nitrogen and oxygen atoms in total.